The number of carbonyl (C=O) groups excluding carboxylic acids is 1. The first-order valence-electron chi connectivity index (χ1n) is 5.77. The van der Waals surface area contributed by atoms with Crippen molar-refractivity contribution >= 4 is 11.7 Å². The molecule has 0 N–H and O–H groups in total. The first-order valence-corrected chi connectivity index (χ1v) is 5.77. The maximum absolute atomic E-state index is 11.7. The smallest absolute Gasteiger partial charge is 0.349 e. The zero-order valence-corrected chi connectivity index (χ0v) is 10.4. The van der Waals surface area contributed by atoms with Crippen molar-refractivity contribution in [3.05, 3.63) is 23.8 Å². The van der Waals surface area contributed by atoms with Crippen LogP contribution in [0.3, 0.4) is 0 Å². The minimum atomic E-state index is -0.533. The van der Waals surface area contributed by atoms with Crippen molar-refractivity contribution in [3.8, 4) is 5.75 Å². The maximum atomic E-state index is 11.7. The Hall–Kier alpha value is -1.71. The topological polar surface area (TPSA) is 38.8 Å². The highest BCUT2D eigenvalue weighted by molar-refractivity contribution is 5.78. The SMILES string of the molecule is CCOC(=O)C1CN(C)c2ccc(C)cc2O1. The Morgan fingerprint density at radius 3 is 3.06 bits per heavy atom. The van der Waals surface area contributed by atoms with E-state index >= 15 is 0 Å². The fraction of sp³-hybridized carbons (Fsp3) is 0.462. The van der Waals surface area contributed by atoms with Crippen LogP contribution < -0.4 is 9.64 Å². The molecule has 4 heteroatoms. The van der Waals surface area contributed by atoms with E-state index in [1.807, 2.05) is 37.1 Å². The van der Waals surface area contributed by atoms with Gasteiger partial charge >= 0.3 is 5.97 Å². The number of carbonyl (C=O) groups is 1. The van der Waals surface area contributed by atoms with Crippen molar-refractivity contribution in [2.75, 3.05) is 25.1 Å². The quantitative estimate of drug-likeness (QED) is 0.732. The standard InChI is InChI=1S/C13H17NO3/c1-4-16-13(15)12-8-14(3)10-6-5-9(2)7-11(10)17-12/h5-7,12H,4,8H2,1-3H3. The highest BCUT2D eigenvalue weighted by Crippen LogP contribution is 2.33. The third-order valence-corrected chi connectivity index (χ3v) is 2.78. The summed E-state index contributed by atoms with van der Waals surface area (Å²) in [4.78, 5) is 13.7. The fourth-order valence-electron chi connectivity index (χ4n) is 1.93. The van der Waals surface area contributed by atoms with Crippen molar-refractivity contribution in [1.82, 2.24) is 0 Å². The second kappa shape index (κ2) is 4.65. The molecule has 0 radical (unpaired) electrons. The van der Waals surface area contributed by atoms with E-state index in [0.29, 0.717) is 13.2 Å². The van der Waals surface area contributed by atoms with E-state index in [1.165, 1.54) is 0 Å². The summed E-state index contributed by atoms with van der Waals surface area (Å²) in [6.07, 6.45) is -0.533. The van der Waals surface area contributed by atoms with Crippen molar-refractivity contribution in [2.24, 2.45) is 0 Å². The third-order valence-electron chi connectivity index (χ3n) is 2.78. The van der Waals surface area contributed by atoms with Crippen LogP contribution in [0.1, 0.15) is 12.5 Å². The number of esters is 1. The van der Waals surface area contributed by atoms with Crippen LogP contribution in [0.15, 0.2) is 18.2 Å². The van der Waals surface area contributed by atoms with Crippen LogP contribution in [0.4, 0.5) is 5.69 Å². The van der Waals surface area contributed by atoms with Gasteiger partial charge in [0, 0.05) is 7.05 Å². The molecule has 0 saturated heterocycles. The zero-order valence-electron chi connectivity index (χ0n) is 10.4. The summed E-state index contributed by atoms with van der Waals surface area (Å²) in [6.45, 7) is 4.69. The average Bonchev–Trinajstić information content (AvgIpc) is 2.28. The molecule has 1 aliphatic heterocycles. The first-order chi connectivity index (χ1) is 8.11. The number of ether oxygens (including phenoxy) is 2. The molecule has 92 valence electrons. The van der Waals surface area contributed by atoms with Crippen LogP contribution >= 0.6 is 0 Å². The maximum Gasteiger partial charge on any atom is 0.349 e. The van der Waals surface area contributed by atoms with E-state index in [2.05, 4.69) is 0 Å². The molecule has 0 spiro atoms. The van der Waals surface area contributed by atoms with E-state index in [0.717, 1.165) is 17.0 Å². The number of aryl methyl sites for hydroxylation is 1. The van der Waals surface area contributed by atoms with Crippen molar-refractivity contribution in [3.63, 3.8) is 0 Å². The van der Waals surface area contributed by atoms with Crippen LogP contribution in [-0.2, 0) is 9.53 Å². The molecule has 1 unspecified atom stereocenters. The third kappa shape index (κ3) is 2.35. The van der Waals surface area contributed by atoms with Crippen LogP contribution in [0.5, 0.6) is 5.75 Å². The molecule has 0 aromatic heterocycles. The predicted molar refractivity (Wildman–Crippen MR) is 65.5 cm³/mol. The molecular weight excluding hydrogens is 218 g/mol. The molecule has 1 aliphatic rings. The Kier molecular flexibility index (Phi) is 3.22. The number of nitrogens with zero attached hydrogens (tertiary/aromatic N) is 1. The van der Waals surface area contributed by atoms with Gasteiger partial charge in [-0.25, -0.2) is 4.79 Å². The summed E-state index contributed by atoms with van der Waals surface area (Å²) < 4.78 is 10.7. The number of hydrogen-bond acceptors (Lipinski definition) is 4. The number of likely N-dealkylation sites (N-methyl/N-ethyl adjacent to an activating group) is 1. The minimum Gasteiger partial charge on any atom is -0.475 e. The fourth-order valence-corrected chi connectivity index (χ4v) is 1.93. The van der Waals surface area contributed by atoms with Crippen LogP contribution in [0, 0.1) is 6.92 Å². The molecule has 4 nitrogen and oxygen atoms in total. The van der Waals surface area contributed by atoms with E-state index in [9.17, 15) is 4.79 Å². The molecule has 0 aliphatic carbocycles. The second-order valence-corrected chi connectivity index (χ2v) is 4.21. The summed E-state index contributed by atoms with van der Waals surface area (Å²) >= 11 is 0. The van der Waals surface area contributed by atoms with E-state index in [-0.39, 0.29) is 5.97 Å². The molecule has 0 saturated carbocycles. The normalized spacial score (nSPS) is 18.3. The van der Waals surface area contributed by atoms with Gasteiger partial charge in [-0.15, -0.1) is 0 Å². The summed E-state index contributed by atoms with van der Waals surface area (Å²) in [5.74, 6) is 0.448. The first kappa shape index (κ1) is 11.8. The highest BCUT2D eigenvalue weighted by Gasteiger charge is 2.29. The van der Waals surface area contributed by atoms with E-state index in [1.54, 1.807) is 6.92 Å². The molecule has 1 aromatic rings. The highest BCUT2D eigenvalue weighted by atomic mass is 16.6. The lowest BCUT2D eigenvalue weighted by molar-refractivity contribution is -0.151. The number of rotatable bonds is 2. The summed E-state index contributed by atoms with van der Waals surface area (Å²) in [6, 6.07) is 5.98. The van der Waals surface area contributed by atoms with E-state index in [4.69, 9.17) is 9.47 Å². The summed E-state index contributed by atoms with van der Waals surface area (Å²) in [7, 11) is 1.95. The van der Waals surface area contributed by atoms with Gasteiger partial charge in [0.05, 0.1) is 18.8 Å². The van der Waals surface area contributed by atoms with Gasteiger partial charge in [-0.3, -0.25) is 0 Å². The monoisotopic (exact) mass is 235 g/mol. The largest absolute Gasteiger partial charge is 0.475 e. The molecule has 0 amide bonds. The van der Waals surface area contributed by atoms with Gasteiger partial charge in [0.2, 0.25) is 6.10 Å². The molecule has 1 aromatic carbocycles. The van der Waals surface area contributed by atoms with Gasteiger partial charge in [-0.05, 0) is 31.5 Å². The van der Waals surface area contributed by atoms with Crippen molar-refractivity contribution in [1.29, 1.82) is 0 Å². The van der Waals surface area contributed by atoms with Gasteiger partial charge in [-0.1, -0.05) is 6.07 Å². The second-order valence-electron chi connectivity index (χ2n) is 4.21. The van der Waals surface area contributed by atoms with Crippen LogP contribution in [-0.4, -0.2) is 32.3 Å². The Morgan fingerprint density at radius 1 is 1.59 bits per heavy atom. The van der Waals surface area contributed by atoms with E-state index < -0.39 is 6.10 Å². The number of benzene rings is 1. The molecule has 1 atom stereocenters. The number of fused-ring (bicyclic) bond motifs is 1. The number of hydrogen-bond donors (Lipinski definition) is 0. The lowest BCUT2D eigenvalue weighted by atomic mass is 10.1. The van der Waals surface area contributed by atoms with Gasteiger partial charge in [0.1, 0.15) is 5.75 Å². The van der Waals surface area contributed by atoms with Crippen molar-refractivity contribution < 1.29 is 14.3 Å². The Labute approximate surface area is 101 Å². The number of anilines is 1. The molecule has 17 heavy (non-hydrogen) atoms. The van der Waals surface area contributed by atoms with Gasteiger partial charge in [0.25, 0.3) is 0 Å². The molecule has 1 heterocycles. The summed E-state index contributed by atoms with van der Waals surface area (Å²) in [5, 5.41) is 0. The van der Waals surface area contributed by atoms with Gasteiger partial charge in [-0.2, -0.15) is 0 Å². The van der Waals surface area contributed by atoms with Gasteiger partial charge < -0.3 is 14.4 Å². The Bertz CT molecular complexity index is 431. The van der Waals surface area contributed by atoms with Gasteiger partial charge in [0.15, 0.2) is 0 Å². The molecule has 0 bridgehead atoms. The van der Waals surface area contributed by atoms with Crippen LogP contribution in [0.2, 0.25) is 0 Å². The predicted octanol–water partition coefficient (Wildman–Crippen LogP) is 1.76. The van der Waals surface area contributed by atoms with Crippen LogP contribution in [0.25, 0.3) is 0 Å². The minimum absolute atomic E-state index is 0.300. The Balaban J connectivity index is 2.22. The molecule has 2 rings (SSSR count). The Morgan fingerprint density at radius 2 is 2.35 bits per heavy atom. The zero-order chi connectivity index (χ0) is 12.4. The lowest BCUT2D eigenvalue weighted by Gasteiger charge is -2.32. The molecular formula is C13H17NO3. The van der Waals surface area contributed by atoms with Crippen molar-refractivity contribution in [2.45, 2.75) is 20.0 Å². The summed E-state index contributed by atoms with van der Waals surface area (Å²) in [5.41, 5.74) is 2.12. The average molecular weight is 235 g/mol. The lowest BCUT2D eigenvalue weighted by Crippen LogP contribution is -2.43. The molecule has 0 fully saturated rings.